The van der Waals surface area contributed by atoms with Gasteiger partial charge in [-0.2, -0.15) is 0 Å². The summed E-state index contributed by atoms with van der Waals surface area (Å²) in [6.45, 7) is 10.5. The number of hydrogen-bond acceptors (Lipinski definition) is 19. The Kier molecular flexibility index (Phi) is 25.4. The molecule has 5 heterocycles. The Labute approximate surface area is 602 Å². The minimum Gasteiger partial charge on any atom is -0.504 e. The molecule has 7 amide bonds. The Bertz CT molecular complexity index is 4400. The van der Waals surface area contributed by atoms with E-state index in [1.54, 1.807) is 80.7 Å². The summed E-state index contributed by atoms with van der Waals surface area (Å²) in [5.41, 5.74) is 10.9. The van der Waals surface area contributed by atoms with Gasteiger partial charge in [-0.25, -0.2) is 33.9 Å². The third-order valence-corrected chi connectivity index (χ3v) is 19.3. The molecule has 2 aliphatic heterocycles. The van der Waals surface area contributed by atoms with E-state index >= 15 is 0 Å². The number of carboxylic acids is 1. The van der Waals surface area contributed by atoms with E-state index in [4.69, 9.17) is 41.0 Å². The molecular formula is C74H81ClFN12O14S+. The number of carboxylic acid groups (broad SMARTS) is 1. The number of urea groups is 1. The zero-order chi connectivity index (χ0) is 73.3. The molecule has 3 atom stereocenters. The summed E-state index contributed by atoms with van der Waals surface area (Å²) < 4.78 is 45.3. The zero-order valence-electron chi connectivity index (χ0n) is 57.5. The number of anilines is 1. The van der Waals surface area contributed by atoms with E-state index in [0.29, 0.717) is 102 Å². The number of nitrogens with zero attached hydrogens (tertiary/aromatic N) is 7. The number of aromatic nitrogens is 4. The highest BCUT2D eigenvalue weighted by Gasteiger charge is 2.33. The van der Waals surface area contributed by atoms with Crippen LogP contribution in [0.4, 0.5) is 14.9 Å². The molecule has 0 radical (unpaired) electrons. The molecule has 3 aromatic heterocycles. The highest BCUT2D eigenvalue weighted by Crippen LogP contribution is 2.50. The standard InChI is InChI=1S/C74H80ClFN12O14S/c1-44(2)65(85-59(90)28-37-99-38-34-87-60(91)25-26-61(87)92)70(94)84-54(12-9-29-79-74(77)97)69(93)83-50-21-15-46(16-22-50)41-88(4)35-31-86(32-36-88)33-39-100-57-24-23-52(45(3)64(57)75)62-63-71(80-43-81-72(63)103-67(62)47-17-19-49(76)20-18-47)102-58(73(95)96)40-48-10-6-7-14-56(48)101-42-51-27-30-78-68(82-51)53-11-8-13-55(89)66(53)98-5/h6-8,10-11,13-27,30,43-44,54,58,65H,9,12,28-29,31-42H2,1-5H3,(H7-,77,79,83,84,85,89,90,93,94,95,96,97)/p+1/t54-,58+,65-/m0/s1. The van der Waals surface area contributed by atoms with Gasteiger partial charge in [0.15, 0.2) is 17.3 Å². The number of aliphatic carboxylic acids is 1. The Morgan fingerprint density at radius 2 is 1.57 bits per heavy atom. The second-order valence-electron chi connectivity index (χ2n) is 25.4. The van der Waals surface area contributed by atoms with Crippen LogP contribution in [0.2, 0.25) is 5.02 Å². The fourth-order valence-corrected chi connectivity index (χ4v) is 13.4. The molecule has 540 valence electrons. The SMILES string of the molecule is COc1c(O)cccc1-c1nccc(COc2ccccc2C[C@@H](Oc2ncnc3sc(-c4ccc(F)cc4)c(-c4ccc(OCCN5CC[N+](C)(Cc6ccc(NC(=O)[C@H](CCCNC(N)=O)NC(=O)[C@@H](NC(=O)CCOCCN7C(=O)C=CC7=O)C(C)C)cc6)CC5)c(Cl)c4C)c23)C(=O)O)n1. The Balaban J connectivity index is 0.744. The predicted molar refractivity (Wildman–Crippen MR) is 384 cm³/mol. The maximum absolute atomic E-state index is 14.5. The third kappa shape index (κ3) is 19.5. The number of nitrogens with one attached hydrogen (secondary N) is 4. The fourth-order valence-electron chi connectivity index (χ4n) is 12.0. The minimum absolute atomic E-state index is 0.00686. The maximum atomic E-state index is 14.5. The van der Waals surface area contributed by atoms with Crippen LogP contribution in [0.25, 0.3) is 43.2 Å². The lowest BCUT2D eigenvalue weighted by molar-refractivity contribution is -0.926. The number of nitrogens with two attached hydrogens (primary N) is 1. The lowest BCUT2D eigenvalue weighted by atomic mass is 9.96. The molecule has 1 saturated heterocycles. The van der Waals surface area contributed by atoms with E-state index in [1.165, 1.54) is 55.1 Å². The van der Waals surface area contributed by atoms with E-state index in [-0.39, 0.29) is 75.5 Å². The number of fused-ring (bicyclic) bond motifs is 1. The average Bonchev–Trinajstić information content (AvgIpc) is 1.61. The quantitative estimate of drug-likeness (QED) is 0.0113. The molecule has 5 aromatic carbocycles. The number of rotatable bonds is 34. The highest BCUT2D eigenvalue weighted by atomic mass is 35.5. The summed E-state index contributed by atoms with van der Waals surface area (Å²) in [5.74, 6) is -3.15. The molecule has 8 N–H and O–H groups in total. The third-order valence-electron chi connectivity index (χ3n) is 17.7. The van der Waals surface area contributed by atoms with Crippen molar-refractivity contribution in [1.82, 2.24) is 45.7 Å². The van der Waals surface area contributed by atoms with Gasteiger partial charge in [-0.3, -0.25) is 33.8 Å². The number of phenolic OH excluding ortho intramolecular Hbond substituents is 1. The van der Waals surface area contributed by atoms with Crippen LogP contribution >= 0.6 is 22.9 Å². The largest absolute Gasteiger partial charge is 0.504 e. The zero-order valence-corrected chi connectivity index (χ0v) is 59.1. The van der Waals surface area contributed by atoms with Crippen LogP contribution in [-0.4, -0.2) is 184 Å². The average molecular weight is 1450 g/mol. The van der Waals surface area contributed by atoms with Gasteiger partial charge < -0.3 is 65.4 Å². The van der Waals surface area contributed by atoms with Crippen LogP contribution in [0.5, 0.6) is 28.9 Å². The second kappa shape index (κ2) is 34.8. The van der Waals surface area contributed by atoms with Crippen LogP contribution in [0.15, 0.2) is 134 Å². The number of quaternary nitrogens is 1. The van der Waals surface area contributed by atoms with Crippen molar-refractivity contribution in [3.63, 3.8) is 0 Å². The first-order valence-electron chi connectivity index (χ1n) is 33.5. The number of para-hydroxylation sites is 2. The van der Waals surface area contributed by atoms with Gasteiger partial charge in [-0.15, -0.1) is 11.3 Å². The number of imide groups is 1. The smallest absolute Gasteiger partial charge is 0.345 e. The number of likely N-dealkylation sites (N-methyl/N-ethyl adjacent to an activating group) is 1. The van der Waals surface area contributed by atoms with E-state index in [2.05, 4.69) is 53.2 Å². The van der Waals surface area contributed by atoms with Gasteiger partial charge in [0.25, 0.3) is 11.8 Å². The van der Waals surface area contributed by atoms with E-state index in [1.807, 2.05) is 37.3 Å². The number of thiophene rings is 1. The number of phenols is 1. The molecular weight excluding hydrogens is 1370 g/mol. The summed E-state index contributed by atoms with van der Waals surface area (Å²) in [7, 11) is 3.65. The van der Waals surface area contributed by atoms with Gasteiger partial charge >= 0.3 is 12.0 Å². The van der Waals surface area contributed by atoms with Gasteiger partial charge in [-0.1, -0.05) is 80.0 Å². The van der Waals surface area contributed by atoms with Crippen molar-refractivity contribution in [3.05, 3.63) is 167 Å². The second-order valence-corrected chi connectivity index (χ2v) is 26.8. The number of methoxy groups -OCH3 is 1. The van der Waals surface area contributed by atoms with Crippen molar-refractivity contribution in [2.24, 2.45) is 11.7 Å². The number of hydrogen-bond donors (Lipinski definition) is 7. The Morgan fingerprint density at radius 3 is 2.29 bits per heavy atom. The van der Waals surface area contributed by atoms with Crippen molar-refractivity contribution in [1.29, 1.82) is 0 Å². The molecule has 1 fully saturated rings. The Hall–Kier alpha value is -10.7. The molecule has 0 unspecified atom stereocenters. The fraction of sp³-hybridized carbons (Fsp3) is 0.338. The molecule has 0 bridgehead atoms. The summed E-state index contributed by atoms with van der Waals surface area (Å²) in [6.07, 6.45) is 3.96. The number of amides is 7. The number of carbonyl (C=O) groups excluding carboxylic acids is 6. The van der Waals surface area contributed by atoms with E-state index in [9.17, 15) is 48.2 Å². The number of piperazine rings is 1. The highest BCUT2D eigenvalue weighted by molar-refractivity contribution is 7.22. The number of carbonyl (C=O) groups is 7. The minimum atomic E-state index is -1.47. The van der Waals surface area contributed by atoms with Crippen molar-refractivity contribution in [3.8, 4) is 61.8 Å². The molecule has 8 aromatic rings. The normalized spacial score (nSPS) is 14.4. The van der Waals surface area contributed by atoms with Crippen molar-refractivity contribution in [2.45, 2.75) is 77.8 Å². The summed E-state index contributed by atoms with van der Waals surface area (Å²) in [5, 5.41) is 32.9. The monoisotopic (exact) mass is 1450 g/mol. The van der Waals surface area contributed by atoms with Crippen LogP contribution in [0.1, 0.15) is 55.5 Å². The first-order valence-corrected chi connectivity index (χ1v) is 34.7. The molecule has 26 nitrogen and oxygen atoms in total. The topological polar surface area (TPSA) is 338 Å². The van der Waals surface area contributed by atoms with Crippen molar-refractivity contribution >= 4 is 80.4 Å². The lowest BCUT2D eigenvalue weighted by Gasteiger charge is -2.42. The van der Waals surface area contributed by atoms with Gasteiger partial charge in [-0.05, 0) is 103 Å². The predicted octanol–water partition coefficient (Wildman–Crippen LogP) is 8.64. The molecule has 2 aliphatic rings. The van der Waals surface area contributed by atoms with E-state index < -0.39 is 65.5 Å². The van der Waals surface area contributed by atoms with Crippen molar-refractivity contribution in [2.75, 3.05) is 85.1 Å². The number of primary amides is 1. The van der Waals surface area contributed by atoms with Crippen LogP contribution in [0.3, 0.4) is 0 Å². The summed E-state index contributed by atoms with van der Waals surface area (Å²) >= 11 is 8.55. The number of benzene rings is 5. The first-order chi connectivity index (χ1) is 49.5. The molecule has 29 heteroatoms. The summed E-state index contributed by atoms with van der Waals surface area (Å²) in [4.78, 5) is 112. The van der Waals surface area contributed by atoms with Crippen LogP contribution in [-0.2, 0) is 53.1 Å². The Morgan fingerprint density at radius 1 is 0.825 bits per heavy atom. The molecule has 0 spiro atoms. The molecule has 10 rings (SSSR count). The van der Waals surface area contributed by atoms with Crippen molar-refractivity contribution < 1.29 is 76.3 Å². The van der Waals surface area contributed by atoms with E-state index in [0.717, 1.165) is 47.7 Å². The van der Waals surface area contributed by atoms with Gasteiger partial charge in [0.05, 0.1) is 68.7 Å². The number of ether oxygens (including phenoxy) is 5. The van der Waals surface area contributed by atoms with Crippen LogP contribution in [0, 0.1) is 18.7 Å². The molecule has 103 heavy (non-hydrogen) atoms. The molecule has 0 aliphatic carbocycles. The number of halogens is 2. The first kappa shape index (κ1) is 75.0. The van der Waals surface area contributed by atoms with Crippen LogP contribution < -0.4 is 45.9 Å². The molecule has 0 saturated carbocycles. The maximum Gasteiger partial charge on any atom is 0.345 e. The van der Waals surface area contributed by atoms with Gasteiger partial charge in [0.2, 0.25) is 29.7 Å². The van der Waals surface area contributed by atoms with Gasteiger partial charge in [0.1, 0.15) is 60.3 Å². The van der Waals surface area contributed by atoms with Gasteiger partial charge in [0, 0.05) is 79.1 Å². The number of aromatic hydroxyl groups is 1. The summed E-state index contributed by atoms with van der Waals surface area (Å²) in [6, 6.07) is 28.1. The lowest BCUT2D eigenvalue weighted by Crippen LogP contribution is -2.57.